The van der Waals surface area contributed by atoms with Gasteiger partial charge in [0.1, 0.15) is 0 Å². The van der Waals surface area contributed by atoms with Crippen molar-refractivity contribution in [3.8, 4) is 0 Å². The predicted molar refractivity (Wildman–Crippen MR) is 80.0 cm³/mol. The van der Waals surface area contributed by atoms with E-state index in [1.165, 1.54) is 11.1 Å². The van der Waals surface area contributed by atoms with Crippen molar-refractivity contribution in [2.24, 2.45) is 5.10 Å². The van der Waals surface area contributed by atoms with Gasteiger partial charge in [-0.15, -0.1) is 0 Å². The number of nitrogens with one attached hydrogen (secondary N) is 2. The zero-order valence-electron chi connectivity index (χ0n) is 12.1. The zero-order valence-corrected chi connectivity index (χ0v) is 12.1. The molecule has 0 saturated heterocycles. The third-order valence-corrected chi connectivity index (χ3v) is 4.06. The monoisotopic (exact) mass is 285 g/mol. The number of amides is 2. The quantitative estimate of drug-likeness (QED) is 0.878. The summed E-state index contributed by atoms with van der Waals surface area (Å²) in [4.78, 5) is 22.6. The molecule has 1 aliphatic heterocycles. The topological polar surface area (TPSA) is 70.6 Å². The molecule has 5 heteroatoms. The van der Waals surface area contributed by atoms with Gasteiger partial charge in [0.05, 0.1) is 5.71 Å². The lowest BCUT2D eigenvalue weighted by Crippen LogP contribution is -2.34. The molecule has 1 aliphatic carbocycles. The summed E-state index contributed by atoms with van der Waals surface area (Å²) < 4.78 is 0. The van der Waals surface area contributed by atoms with Crippen LogP contribution in [0.2, 0.25) is 0 Å². The maximum Gasteiger partial charge on any atom is 0.240 e. The fraction of sp³-hybridized carbons (Fsp3) is 0.438. The van der Waals surface area contributed by atoms with Gasteiger partial charge < -0.3 is 5.32 Å². The molecule has 5 nitrogen and oxygen atoms in total. The summed E-state index contributed by atoms with van der Waals surface area (Å²) in [7, 11) is 0. The minimum absolute atomic E-state index is 0.0257. The molecule has 2 amide bonds. The van der Waals surface area contributed by atoms with Gasteiger partial charge >= 0.3 is 0 Å². The van der Waals surface area contributed by atoms with E-state index in [-0.39, 0.29) is 17.9 Å². The second kappa shape index (κ2) is 5.68. The van der Waals surface area contributed by atoms with Crippen LogP contribution in [0.3, 0.4) is 0 Å². The van der Waals surface area contributed by atoms with Crippen LogP contribution in [-0.2, 0) is 22.4 Å². The standard InChI is InChI=1S/C16H19N3O2/c1-2-15(20)17-13-8-10-3-4-11(7-12(10)9-13)14-5-6-16(21)19-18-14/h3-4,7,13H,2,5-6,8-9H2,1H3,(H,17,20)(H,19,21). The Morgan fingerprint density at radius 2 is 2.14 bits per heavy atom. The molecule has 0 aromatic heterocycles. The summed E-state index contributed by atoms with van der Waals surface area (Å²) in [6.07, 6.45) is 3.46. The SMILES string of the molecule is CCC(=O)NC1Cc2ccc(C3=NNC(=O)CC3)cc2C1. The lowest BCUT2D eigenvalue weighted by atomic mass is 10.00. The van der Waals surface area contributed by atoms with Crippen molar-refractivity contribution in [3.05, 3.63) is 34.9 Å². The van der Waals surface area contributed by atoms with Gasteiger partial charge in [-0.3, -0.25) is 9.59 Å². The Hall–Kier alpha value is -2.17. The van der Waals surface area contributed by atoms with E-state index in [4.69, 9.17) is 0 Å². The first kappa shape index (κ1) is 13.8. The van der Waals surface area contributed by atoms with Crippen molar-refractivity contribution in [2.45, 2.75) is 45.1 Å². The maximum absolute atomic E-state index is 11.5. The Balaban J connectivity index is 1.74. The molecule has 0 bridgehead atoms. The van der Waals surface area contributed by atoms with Gasteiger partial charge in [-0.05, 0) is 35.6 Å². The van der Waals surface area contributed by atoms with E-state index in [1.807, 2.05) is 6.92 Å². The number of hydrogen-bond donors (Lipinski definition) is 2. The summed E-state index contributed by atoms with van der Waals surface area (Å²) in [5, 5.41) is 7.19. The van der Waals surface area contributed by atoms with Gasteiger partial charge in [0.2, 0.25) is 11.8 Å². The van der Waals surface area contributed by atoms with Crippen LogP contribution >= 0.6 is 0 Å². The molecular formula is C16H19N3O2. The Kier molecular flexibility index (Phi) is 3.73. The highest BCUT2D eigenvalue weighted by molar-refractivity contribution is 6.04. The number of benzene rings is 1. The summed E-state index contributed by atoms with van der Waals surface area (Å²) in [5.74, 6) is 0.0784. The molecule has 1 heterocycles. The van der Waals surface area contributed by atoms with E-state index in [2.05, 4.69) is 34.0 Å². The molecule has 1 aromatic rings. The lowest BCUT2D eigenvalue weighted by Gasteiger charge is -2.13. The molecular weight excluding hydrogens is 266 g/mol. The first-order chi connectivity index (χ1) is 10.2. The van der Waals surface area contributed by atoms with E-state index in [9.17, 15) is 9.59 Å². The van der Waals surface area contributed by atoms with Gasteiger partial charge in [-0.2, -0.15) is 5.10 Å². The average molecular weight is 285 g/mol. The van der Waals surface area contributed by atoms with Crippen molar-refractivity contribution in [1.82, 2.24) is 10.7 Å². The molecule has 0 radical (unpaired) electrons. The van der Waals surface area contributed by atoms with E-state index < -0.39 is 0 Å². The minimum Gasteiger partial charge on any atom is -0.353 e. The minimum atomic E-state index is -0.0257. The van der Waals surface area contributed by atoms with Crippen LogP contribution in [0.5, 0.6) is 0 Å². The molecule has 1 atom stereocenters. The summed E-state index contributed by atoms with van der Waals surface area (Å²) >= 11 is 0. The van der Waals surface area contributed by atoms with Crippen LogP contribution in [-0.4, -0.2) is 23.6 Å². The van der Waals surface area contributed by atoms with Crippen LogP contribution in [0, 0.1) is 0 Å². The van der Waals surface area contributed by atoms with E-state index >= 15 is 0 Å². The third kappa shape index (κ3) is 2.96. The van der Waals surface area contributed by atoms with Crippen LogP contribution in [0.1, 0.15) is 42.9 Å². The number of fused-ring (bicyclic) bond motifs is 1. The van der Waals surface area contributed by atoms with Crippen molar-refractivity contribution in [1.29, 1.82) is 0 Å². The first-order valence-electron chi connectivity index (χ1n) is 7.42. The number of hydrazone groups is 1. The van der Waals surface area contributed by atoms with Crippen molar-refractivity contribution in [3.63, 3.8) is 0 Å². The normalized spacial score (nSPS) is 20.5. The van der Waals surface area contributed by atoms with E-state index in [1.54, 1.807) is 0 Å². The van der Waals surface area contributed by atoms with Crippen molar-refractivity contribution < 1.29 is 9.59 Å². The third-order valence-electron chi connectivity index (χ3n) is 4.06. The molecule has 1 unspecified atom stereocenters. The highest BCUT2D eigenvalue weighted by Crippen LogP contribution is 2.24. The predicted octanol–water partition coefficient (Wildman–Crippen LogP) is 1.29. The van der Waals surface area contributed by atoms with Gasteiger partial charge in [0.25, 0.3) is 0 Å². The van der Waals surface area contributed by atoms with Crippen LogP contribution < -0.4 is 10.7 Å². The number of carbonyl (C=O) groups excluding carboxylic acids is 2. The molecule has 2 N–H and O–H groups in total. The fourth-order valence-corrected chi connectivity index (χ4v) is 2.91. The summed E-state index contributed by atoms with van der Waals surface area (Å²) in [6.45, 7) is 1.87. The fourth-order valence-electron chi connectivity index (χ4n) is 2.91. The number of hydrogen-bond acceptors (Lipinski definition) is 3. The Labute approximate surface area is 123 Å². The zero-order chi connectivity index (χ0) is 14.8. The van der Waals surface area contributed by atoms with Crippen LogP contribution in [0.25, 0.3) is 0 Å². The number of rotatable bonds is 3. The van der Waals surface area contributed by atoms with Gasteiger partial charge in [-0.25, -0.2) is 5.43 Å². The summed E-state index contributed by atoms with van der Waals surface area (Å²) in [5.41, 5.74) is 7.09. The van der Waals surface area contributed by atoms with Gasteiger partial charge in [0.15, 0.2) is 0 Å². The molecule has 3 rings (SSSR count). The Morgan fingerprint density at radius 3 is 2.86 bits per heavy atom. The van der Waals surface area contributed by atoms with Gasteiger partial charge in [0, 0.05) is 25.3 Å². The van der Waals surface area contributed by atoms with E-state index in [0.717, 1.165) is 24.1 Å². The second-order valence-electron chi connectivity index (χ2n) is 5.60. The second-order valence-corrected chi connectivity index (χ2v) is 5.60. The molecule has 110 valence electrons. The lowest BCUT2D eigenvalue weighted by molar-refractivity contribution is -0.122. The first-order valence-corrected chi connectivity index (χ1v) is 7.42. The molecule has 2 aliphatic rings. The largest absolute Gasteiger partial charge is 0.353 e. The van der Waals surface area contributed by atoms with Crippen molar-refractivity contribution in [2.75, 3.05) is 0 Å². The Morgan fingerprint density at radius 1 is 1.33 bits per heavy atom. The molecule has 1 aromatic carbocycles. The maximum atomic E-state index is 11.5. The number of carbonyl (C=O) groups is 2. The summed E-state index contributed by atoms with van der Waals surface area (Å²) in [6, 6.07) is 6.51. The van der Waals surface area contributed by atoms with Crippen LogP contribution in [0.4, 0.5) is 0 Å². The highest BCUT2D eigenvalue weighted by atomic mass is 16.2. The van der Waals surface area contributed by atoms with E-state index in [0.29, 0.717) is 19.3 Å². The van der Waals surface area contributed by atoms with Crippen molar-refractivity contribution >= 4 is 17.5 Å². The Bertz CT molecular complexity index is 622. The molecule has 21 heavy (non-hydrogen) atoms. The molecule has 0 fully saturated rings. The van der Waals surface area contributed by atoms with Gasteiger partial charge in [-0.1, -0.05) is 19.1 Å². The highest BCUT2D eigenvalue weighted by Gasteiger charge is 2.23. The van der Waals surface area contributed by atoms with Crippen LogP contribution in [0.15, 0.2) is 23.3 Å². The molecule has 0 spiro atoms. The number of nitrogens with zero attached hydrogens (tertiary/aromatic N) is 1. The molecule has 0 saturated carbocycles. The smallest absolute Gasteiger partial charge is 0.240 e. The average Bonchev–Trinajstić information content (AvgIpc) is 2.89.